The molecule has 25 heavy (non-hydrogen) atoms. The lowest BCUT2D eigenvalue weighted by Crippen LogP contribution is -2.06. The monoisotopic (exact) mass is 404 g/mol. The Morgan fingerprint density at radius 1 is 1.12 bits per heavy atom. The summed E-state index contributed by atoms with van der Waals surface area (Å²) >= 11 is 3.35. The van der Waals surface area contributed by atoms with Crippen molar-refractivity contribution >= 4 is 21.9 Å². The van der Waals surface area contributed by atoms with E-state index in [0.717, 1.165) is 10.0 Å². The number of esters is 1. The number of carbonyl (C=O) groups is 1. The van der Waals surface area contributed by atoms with E-state index >= 15 is 0 Å². The molecule has 0 aliphatic rings. The van der Waals surface area contributed by atoms with Gasteiger partial charge < -0.3 is 9.26 Å². The number of aryl methyl sites for hydroxylation is 1. The number of nitrogens with zero attached hydrogens (tertiary/aromatic N) is 2. The topological polar surface area (TPSA) is 65.2 Å². The van der Waals surface area contributed by atoms with Crippen LogP contribution in [0.25, 0.3) is 11.4 Å². The van der Waals surface area contributed by atoms with Crippen LogP contribution in [0, 0.1) is 5.82 Å². The Balaban J connectivity index is 1.49. The van der Waals surface area contributed by atoms with Crippen molar-refractivity contribution in [3.63, 3.8) is 0 Å². The first-order chi connectivity index (χ1) is 12.1. The van der Waals surface area contributed by atoms with Gasteiger partial charge in [0, 0.05) is 16.5 Å². The lowest BCUT2D eigenvalue weighted by Gasteiger charge is -2.04. The zero-order chi connectivity index (χ0) is 17.6. The molecule has 0 amide bonds. The number of ether oxygens (including phenoxy) is 1. The average molecular weight is 405 g/mol. The van der Waals surface area contributed by atoms with Crippen molar-refractivity contribution < 1.29 is 18.4 Å². The van der Waals surface area contributed by atoms with E-state index in [4.69, 9.17) is 9.26 Å². The van der Waals surface area contributed by atoms with Gasteiger partial charge in [0.1, 0.15) is 12.4 Å². The van der Waals surface area contributed by atoms with E-state index in [2.05, 4.69) is 26.1 Å². The van der Waals surface area contributed by atoms with Crippen LogP contribution in [0.2, 0.25) is 0 Å². The molecule has 0 bridgehead atoms. The van der Waals surface area contributed by atoms with Gasteiger partial charge in [0.15, 0.2) is 0 Å². The van der Waals surface area contributed by atoms with Crippen LogP contribution in [0.4, 0.5) is 4.39 Å². The average Bonchev–Trinajstić information content (AvgIpc) is 3.09. The molecule has 0 N–H and O–H groups in total. The van der Waals surface area contributed by atoms with Crippen molar-refractivity contribution in [2.24, 2.45) is 0 Å². The fraction of sp³-hybridized carbons (Fsp3) is 0.167. The molecule has 0 saturated carbocycles. The summed E-state index contributed by atoms with van der Waals surface area (Å²) in [5.74, 6) is 0.0172. The van der Waals surface area contributed by atoms with Crippen LogP contribution in [0.15, 0.2) is 57.5 Å². The van der Waals surface area contributed by atoms with E-state index < -0.39 is 0 Å². The van der Waals surface area contributed by atoms with E-state index in [1.165, 1.54) is 12.1 Å². The summed E-state index contributed by atoms with van der Waals surface area (Å²) in [5, 5.41) is 3.83. The predicted molar refractivity (Wildman–Crippen MR) is 92.0 cm³/mol. The molecule has 0 unspecified atom stereocenters. The first-order valence-corrected chi connectivity index (χ1v) is 8.38. The van der Waals surface area contributed by atoms with Gasteiger partial charge in [-0.2, -0.15) is 4.98 Å². The molecule has 0 radical (unpaired) electrons. The Kier molecular flexibility index (Phi) is 5.55. The third-order valence-electron chi connectivity index (χ3n) is 3.43. The largest absolute Gasteiger partial charge is 0.461 e. The first-order valence-electron chi connectivity index (χ1n) is 7.59. The molecular formula is C18H14BrFN2O3. The molecule has 128 valence electrons. The lowest BCUT2D eigenvalue weighted by molar-refractivity contribution is -0.145. The molecule has 0 saturated heterocycles. The number of aromatic nitrogens is 2. The third-order valence-corrected chi connectivity index (χ3v) is 3.96. The highest BCUT2D eigenvalue weighted by molar-refractivity contribution is 9.10. The van der Waals surface area contributed by atoms with Gasteiger partial charge in [-0.3, -0.25) is 4.79 Å². The van der Waals surface area contributed by atoms with Gasteiger partial charge in [0.05, 0.1) is 6.42 Å². The molecule has 0 atom stereocenters. The van der Waals surface area contributed by atoms with Gasteiger partial charge >= 0.3 is 5.97 Å². The first kappa shape index (κ1) is 17.3. The molecule has 2 aromatic carbocycles. The number of hydrogen-bond acceptors (Lipinski definition) is 5. The van der Waals surface area contributed by atoms with Crippen molar-refractivity contribution in [1.29, 1.82) is 0 Å². The minimum absolute atomic E-state index is 0.140. The van der Waals surface area contributed by atoms with Crippen LogP contribution in [0.3, 0.4) is 0 Å². The minimum Gasteiger partial charge on any atom is -0.461 e. The summed E-state index contributed by atoms with van der Waals surface area (Å²) in [4.78, 5) is 16.0. The Hall–Kier alpha value is -2.54. The van der Waals surface area contributed by atoms with Gasteiger partial charge in [0.2, 0.25) is 11.7 Å². The van der Waals surface area contributed by atoms with Crippen molar-refractivity contribution in [1.82, 2.24) is 10.1 Å². The van der Waals surface area contributed by atoms with E-state index in [1.54, 1.807) is 12.1 Å². The molecule has 3 rings (SSSR count). The van der Waals surface area contributed by atoms with Gasteiger partial charge in [-0.15, -0.1) is 0 Å². The summed E-state index contributed by atoms with van der Waals surface area (Å²) in [6.07, 6.45) is 0.426. The summed E-state index contributed by atoms with van der Waals surface area (Å²) in [6, 6.07) is 13.3. The second kappa shape index (κ2) is 8.02. The smallest absolute Gasteiger partial charge is 0.306 e. The molecule has 3 aromatic rings. The van der Waals surface area contributed by atoms with Gasteiger partial charge in [-0.05, 0) is 42.0 Å². The van der Waals surface area contributed by atoms with Crippen molar-refractivity contribution in [3.05, 3.63) is 70.3 Å². The van der Waals surface area contributed by atoms with Gasteiger partial charge in [-0.25, -0.2) is 4.39 Å². The highest BCUT2D eigenvalue weighted by Crippen LogP contribution is 2.17. The zero-order valence-electron chi connectivity index (χ0n) is 13.1. The van der Waals surface area contributed by atoms with E-state index in [9.17, 15) is 9.18 Å². The van der Waals surface area contributed by atoms with Crippen LogP contribution >= 0.6 is 15.9 Å². The van der Waals surface area contributed by atoms with E-state index in [0.29, 0.717) is 17.3 Å². The summed E-state index contributed by atoms with van der Waals surface area (Å²) < 4.78 is 24.2. The van der Waals surface area contributed by atoms with Gasteiger partial charge in [-0.1, -0.05) is 33.2 Å². The Morgan fingerprint density at radius 3 is 2.56 bits per heavy atom. The Morgan fingerprint density at radius 2 is 1.84 bits per heavy atom. The second-order valence-electron chi connectivity index (χ2n) is 5.31. The number of carbonyl (C=O) groups excluding carboxylic acids is 1. The summed E-state index contributed by atoms with van der Waals surface area (Å²) in [5.41, 5.74) is 1.56. The van der Waals surface area contributed by atoms with Crippen LogP contribution < -0.4 is 0 Å². The Bertz CT molecular complexity index is 848. The number of rotatable bonds is 6. The van der Waals surface area contributed by atoms with E-state index in [-0.39, 0.29) is 31.2 Å². The lowest BCUT2D eigenvalue weighted by atomic mass is 10.2. The SMILES string of the molecule is O=C(CCc1nc(-c2ccc(F)cc2)no1)OCc1ccc(Br)cc1. The standard InChI is InChI=1S/C18H14BrFN2O3/c19-14-5-1-12(2-6-14)11-24-17(23)10-9-16-21-18(22-25-16)13-3-7-15(20)8-4-13/h1-8H,9-11H2. The molecule has 0 fully saturated rings. The Labute approximate surface area is 151 Å². The number of halogens is 2. The van der Waals surface area contributed by atoms with Crippen LogP contribution in [-0.2, 0) is 22.6 Å². The molecule has 0 aliphatic heterocycles. The van der Waals surface area contributed by atoms with Crippen molar-refractivity contribution in [2.45, 2.75) is 19.4 Å². The van der Waals surface area contributed by atoms with E-state index in [1.807, 2.05) is 24.3 Å². The van der Waals surface area contributed by atoms with Crippen LogP contribution in [0.1, 0.15) is 17.9 Å². The minimum atomic E-state index is -0.343. The summed E-state index contributed by atoms with van der Waals surface area (Å²) in [7, 11) is 0. The molecule has 1 aromatic heterocycles. The highest BCUT2D eigenvalue weighted by atomic mass is 79.9. The van der Waals surface area contributed by atoms with Crippen LogP contribution in [-0.4, -0.2) is 16.1 Å². The van der Waals surface area contributed by atoms with Crippen LogP contribution in [0.5, 0.6) is 0 Å². The maximum absolute atomic E-state index is 12.9. The maximum atomic E-state index is 12.9. The molecule has 1 heterocycles. The zero-order valence-corrected chi connectivity index (χ0v) is 14.7. The third kappa shape index (κ3) is 4.96. The fourth-order valence-corrected chi connectivity index (χ4v) is 2.36. The molecule has 0 spiro atoms. The molecule has 5 nitrogen and oxygen atoms in total. The maximum Gasteiger partial charge on any atom is 0.306 e. The predicted octanol–water partition coefficient (Wildman–Crippen LogP) is 4.31. The second-order valence-corrected chi connectivity index (χ2v) is 6.22. The number of benzene rings is 2. The molecule has 7 heteroatoms. The van der Waals surface area contributed by atoms with Gasteiger partial charge in [0.25, 0.3) is 0 Å². The summed E-state index contributed by atoms with van der Waals surface area (Å²) in [6.45, 7) is 0.219. The number of hydrogen-bond donors (Lipinski definition) is 0. The highest BCUT2D eigenvalue weighted by Gasteiger charge is 2.11. The van der Waals surface area contributed by atoms with Crippen molar-refractivity contribution in [2.75, 3.05) is 0 Å². The fourth-order valence-electron chi connectivity index (χ4n) is 2.10. The van der Waals surface area contributed by atoms with Crippen molar-refractivity contribution in [3.8, 4) is 11.4 Å². The quantitative estimate of drug-likeness (QED) is 0.572. The normalized spacial score (nSPS) is 10.6. The molecular weight excluding hydrogens is 391 g/mol. The molecule has 0 aliphatic carbocycles.